The first-order chi connectivity index (χ1) is 10.6. The van der Waals surface area contributed by atoms with E-state index in [1.165, 1.54) is 25.7 Å². The largest absolute Gasteiger partial charge is 0.375 e. The molecule has 0 spiro atoms. The Morgan fingerprint density at radius 3 is 2.17 bits per heavy atom. The maximum Gasteiger partial charge on any atom is 0.227 e. The van der Waals surface area contributed by atoms with Crippen LogP contribution in [0, 0.1) is 5.92 Å². The number of nitrogens with two attached hydrogens (primary N) is 1. The molecule has 2 aliphatic carbocycles. The summed E-state index contributed by atoms with van der Waals surface area (Å²) in [7, 11) is 0. The molecule has 1 heterocycles. The summed E-state index contributed by atoms with van der Waals surface area (Å²) in [6.07, 6.45) is 12.2. The smallest absolute Gasteiger partial charge is 0.227 e. The average Bonchev–Trinajstić information content (AvgIpc) is 3.00. The van der Waals surface area contributed by atoms with Gasteiger partial charge in [0.1, 0.15) is 0 Å². The fourth-order valence-corrected chi connectivity index (χ4v) is 4.49. The van der Waals surface area contributed by atoms with E-state index in [0.29, 0.717) is 18.1 Å². The minimum absolute atomic E-state index is 0. The van der Waals surface area contributed by atoms with Crippen LogP contribution >= 0.6 is 12.4 Å². The van der Waals surface area contributed by atoms with Gasteiger partial charge in [0.15, 0.2) is 0 Å². The van der Waals surface area contributed by atoms with Gasteiger partial charge in [-0.15, -0.1) is 12.4 Å². The predicted octanol–water partition coefficient (Wildman–Crippen LogP) is 3.27. The molecule has 1 saturated heterocycles. The van der Waals surface area contributed by atoms with Crippen LogP contribution in [0.4, 0.5) is 0 Å². The maximum absolute atomic E-state index is 12.8. The quantitative estimate of drug-likeness (QED) is 0.854. The van der Waals surface area contributed by atoms with Crippen LogP contribution in [0.1, 0.15) is 71.1 Å². The van der Waals surface area contributed by atoms with Gasteiger partial charge in [-0.3, -0.25) is 4.79 Å². The van der Waals surface area contributed by atoms with Crippen LogP contribution in [0.25, 0.3) is 0 Å². The van der Waals surface area contributed by atoms with E-state index >= 15 is 0 Å². The van der Waals surface area contributed by atoms with Crippen molar-refractivity contribution in [3.63, 3.8) is 0 Å². The van der Waals surface area contributed by atoms with E-state index in [0.717, 1.165) is 51.6 Å². The minimum atomic E-state index is -0.313. The molecule has 0 radical (unpaired) electrons. The van der Waals surface area contributed by atoms with Gasteiger partial charge >= 0.3 is 0 Å². The second kappa shape index (κ2) is 8.17. The third-order valence-electron chi connectivity index (χ3n) is 5.99. The number of hydrogen-bond acceptors (Lipinski definition) is 3. The molecule has 3 aliphatic rings. The summed E-state index contributed by atoms with van der Waals surface area (Å²) in [5, 5.41) is 0. The number of piperidine rings is 1. The molecule has 4 nitrogen and oxygen atoms in total. The summed E-state index contributed by atoms with van der Waals surface area (Å²) in [6, 6.07) is 0. The van der Waals surface area contributed by atoms with Gasteiger partial charge in [0.25, 0.3) is 0 Å². The van der Waals surface area contributed by atoms with Crippen molar-refractivity contribution in [3.05, 3.63) is 0 Å². The first-order valence-electron chi connectivity index (χ1n) is 9.29. The third kappa shape index (κ3) is 4.61. The Morgan fingerprint density at radius 2 is 1.57 bits per heavy atom. The molecule has 0 aromatic heterocycles. The number of ether oxygens (including phenoxy) is 1. The second-order valence-electron chi connectivity index (χ2n) is 7.87. The zero-order chi connectivity index (χ0) is 15.6. The molecular weight excluding hydrogens is 312 g/mol. The molecule has 3 fully saturated rings. The van der Waals surface area contributed by atoms with Crippen molar-refractivity contribution >= 4 is 18.3 Å². The highest BCUT2D eigenvalue weighted by molar-refractivity contribution is 5.85. The lowest BCUT2D eigenvalue weighted by Gasteiger charge is -2.42. The molecule has 1 amide bonds. The molecule has 3 rings (SSSR count). The highest BCUT2D eigenvalue weighted by atomic mass is 35.5. The van der Waals surface area contributed by atoms with E-state index in [1.54, 1.807) is 0 Å². The normalized spacial score (nSPS) is 33.5. The molecule has 2 saturated carbocycles. The number of carbonyl (C=O) groups excluding carboxylic acids is 1. The molecule has 2 N–H and O–H groups in total. The summed E-state index contributed by atoms with van der Waals surface area (Å²) < 4.78 is 6.20. The monoisotopic (exact) mass is 344 g/mol. The Morgan fingerprint density at radius 1 is 1.00 bits per heavy atom. The van der Waals surface area contributed by atoms with Crippen molar-refractivity contribution in [2.24, 2.45) is 11.7 Å². The summed E-state index contributed by atoms with van der Waals surface area (Å²) in [6.45, 7) is 3.76. The van der Waals surface area contributed by atoms with Gasteiger partial charge in [-0.1, -0.05) is 25.7 Å². The number of likely N-dealkylation sites (tertiary alicyclic amines) is 1. The number of amides is 1. The molecule has 5 heteroatoms. The fourth-order valence-electron chi connectivity index (χ4n) is 4.49. The third-order valence-corrected chi connectivity index (χ3v) is 5.99. The minimum Gasteiger partial charge on any atom is -0.375 e. The number of nitrogens with zero attached hydrogens (tertiary/aromatic N) is 1. The zero-order valence-electron chi connectivity index (χ0n) is 14.5. The fraction of sp³-hybridized carbons (Fsp3) is 0.944. The van der Waals surface area contributed by atoms with Crippen molar-refractivity contribution in [1.29, 1.82) is 0 Å². The van der Waals surface area contributed by atoms with Gasteiger partial charge in [0, 0.05) is 18.6 Å². The summed E-state index contributed by atoms with van der Waals surface area (Å²) in [4.78, 5) is 14.9. The number of hydrogen-bond donors (Lipinski definition) is 1. The first-order valence-corrected chi connectivity index (χ1v) is 9.29. The molecule has 0 aromatic carbocycles. The molecule has 134 valence electrons. The van der Waals surface area contributed by atoms with E-state index in [2.05, 4.69) is 11.8 Å². The van der Waals surface area contributed by atoms with Crippen LogP contribution in [0.15, 0.2) is 0 Å². The van der Waals surface area contributed by atoms with Crippen LogP contribution < -0.4 is 5.73 Å². The van der Waals surface area contributed by atoms with Gasteiger partial charge in [-0.2, -0.15) is 0 Å². The van der Waals surface area contributed by atoms with Gasteiger partial charge in [-0.25, -0.2) is 0 Å². The van der Waals surface area contributed by atoms with Gasteiger partial charge in [0.05, 0.1) is 18.1 Å². The molecule has 1 aliphatic heterocycles. The maximum atomic E-state index is 12.8. The average molecular weight is 345 g/mol. The highest BCUT2D eigenvalue weighted by Gasteiger charge is 2.40. The molecule has 2 unspecified atom stereocenters. The lowest BCUT2D eigenvalue weighted by atomic mass is 9.74. The molecule has 0 aromatic rings. The molecule has 23 heavy (non-hydrogen) atoms. The van der Waals surface area contributed by atoms with Gasteiger partial charge < -0.3 is 15.4 Å². The lowest BCUT2D eigenvalue weighted by Crippen LogP contribution is -2.55. The van der Waals surface area contributed by atoms with Crippen molar-refractivity contribution in [3.8, 4) is 0 Å². The Balaban J connectivity index is 0.00000192. The Labute approximate surface area is 146 Å². The van der Waals surface area contributed by atoms with Crippen LogP contribution in [0.2, 0.25) is 0 Å². The van der Waals surface area contributed by atoms with Crippen LogP contribution in [0.5, 0.6) is 0 Å². The van der Waals surface area contributed by atoms with Crippen LogP contribution in [0.3, 0.4) is 0 Å². The van der Waals surface area contributed by atoms with Crippen LogP contribution in [-0.2, 0) is 9.53 Å². The Bertz CT molecular complexity index is 388. The van der Waals surface area contributed by atoms with Crippen LogP contribution in [-0.4, -0.2) is 41.6 Å². The van der Waals surface area contributed by atoms with Gasteiger partial charge in [0.2, 0.25) is 5.91 Å². The number of halogens is 1. The number of rotatable bonds is 3. The van der Waals surface area contributed by atoms with E-state index < -0.39 is 0 Å². The van der Waals surface area contributed by atoms with Gasteiger partial charge in [-0.05, 0) is 45.4 Å². The summed E-state index contributed by atoms with van der Waals surface area (Å²) in [5.74, 6) is 0.317. The van der Waals surface area contributed by atoms with E-state index in [1.807, 2.05) is 0 Å². The first kappa shape index (κ1) is 19.0. The summed E-state index contributed by atoms with van der Waals surface area (Å²) >= 11 is 0. The SMILES string of the molecule is CC1(N)CCCCC1C(=O)N1CCC(OC2CCCC2)CC1.Cl. The number of carbonyl (C=O) groups is 1. The van der Waals surface area contributed by atoms with E-state index in [4.69, 9.17) is 10.5 Å². The van der Waals surface area contributed by atoms with E-state index in [9.17, 15) is 4.79 Å². The van der Waals surface area contributed by atoms with Crippen molar-refractivity contribution < 1.29 is 9.53 Å². The zero-order valence-corrected chi connectivity index (χ0v) is 15.3. The standard InChI is InChI=1S/C18H32N2O2.ClH/c1-18(19)11-5-4-8-16(18)17(21)20-12-9-15(10-13-20)22-14-6-2-3-7-14;/h14-16H,2-13,19H2,1H3;1H. The van der Waals surface area contributed by atoms with Crippen molar-refractivity contribution in [1.82, 2.24) is 4.90 Å². The van der Waals surface area contributed by atoms with Crippen molar-refractivity contribution in [2.75, 3.05) is 13.1 Å². The summed E-state index contributed by atoms with van der Waals surface area (Å²) in [5.41, 5.74) is 6.08. The lowest BCUT2D eigenvalue weighted by molar-refractivity contribution is -0.142. The Hall–Kier alpha value is -0.320. The molecular formula is C18H33ClN2O2. The highest BCUT2D eigenvalue weighted by Crippen LogP contribution is 2.34. The second-order valence-corrected chi connectivity index (χ2v) is 7.87. The topological polar surface area (TPSA) is 55.6 Å². The Kier molecular flexibility index (Phi) is 6.76. The molecule has 2 atom stereocenters. The van der Waals surface area contributed by atoms with Crippen molar-refractivity contribution in [2.45, 2.75) is 88.9 Å². The predicted molar refractivity (Wildman–Crippen MR) is 94.7 cm³/mol. The molecule has 0 bridgehead atoms. The van der Waals surface area contributed by atoms with E-state index in [-0.39, 0.29) is 23.9 Å².